The fraction of sp³-hybridized carbons (Fsp3) is 0.176. The summed E-state index contributed by atoms with van der Waals surface area (Å²) in [7, 11) is 0. The number of hydrogen-bond acceptors (Lipinski definition) is 2. The summed E-state index contributed by atoms with van der Waals surface area (Å²) in [4.78, 5) is 24.9. The number of para-hydroxylation sites is 2. The van der Waals surface area contributed by atoms with E-state index in [2.05, 4.69) is 26.6 Å². The molecule has 2 rings (SSSR count). The predicted molar refractivity (Wildman–Crippen MR) is 96.6 cm³/mol. The first-order chi connectivity index (χ1) is 10.8. The van der Waals surface area contributed by atoms with Gasteiger partial charge in [-0.2, -0.15) is 0 Å². The van der Waals surface area contributed by atoms with Gasteiger partial charge in [0, 0.05) is 4.47 Å². The van der Waals surface area contributed by atoms with Gasteiger partial charge in [0.1, 0.15) is 5.41 Å². The van der Waals surface area contributed by atoms with E-state index in [4.69, 9.17) is 11.6 Å². The van der Waals surface area contributed by atoms with Crippen LogP contribution in [-0.4, -0.2) is 11.8 Å². The standard InChI is InChI=1S/C17H16BrClN2O2/c1-17(2,15(22)20-13-9-5-3-7-11(13)18)16(23)21-14-10-6-4-8-12(14)19/h3-10H,1-2H3,(H,20,22)(H,21,23). The summed E-state index contributed by atoms with van der Waals surface area (Å²) in [6.45, 7) is 3.12. The lowest BCUT2D eigenvalue weighted by Gasteiger charge is -2.23. The van der Waals surface area contributed by atoms with E-state index in [-0.39, 0.29) is 0 Å². The zero-order valence-electron chi connectivity index (χ0n) is 12.7. The van der Waals surface area contributed by atoms with Crippen LogP contribution in [0.25, 0.3) is 0 Å². The molecule has 4 nitrogen and oxygen atoms in total. The molecule has 6 heteroatoms. The molecular weight excluding hydrogens is 380 g/mol. The second-order valence-corrected chi connectivity index (χ2v) is 6.75. The average molecular weight is 396 g/mol. The second-order valence-electron chi connectivity index (χ2n) is 5.49. The lowest BCUT2D eigenvalue weighted by Crippen LogP contribution is -2.41. The molecule has 0 aliphatic rings. The van der Waals surface area contributed by atoms with Crippen molar-refractivity contribution in [1.29, 1.82) is 0 Å². The molecule has 2 amide bonds. The van der Waals surface area contributed by atoms with Crippen molar-refractivity contribution in [3.63, 3.8) is 0 Å². The first-order valence-electron chi connectivity index (χ1n) is 6.94. The average Bonchev–Trinajstić information content (AvgIpc) is 2.51. The highest BCUT2D eigenvalue weighted by atomic mass is 79.9. The molecule has 0 spiro atoms. The first-order valence-corrected chi connectivity index (χ1v) is 8.11. The molecule has 2 aromatic rings. The molecule has 0 aliphatic heterocycles. The maximum Gasteiger partial charge on any atom is 0.239 e. The molecule has 0 heterocycles. The van der Waals surface area contributed by atoms with Crippen molar-refractivity contribution >= 4 is 50.7 Å². The van der Waals surface area contributed by atoms with Crippen molar-refractivity contribution < 1.29 is 9.59 Å². The molecule has 0 saturated carbocycles. The van der Waals surface area contributed by atoms with E-state index in [0.29, 0.717) is 16.4 Å². The van der Waals surface area contributed by atoms with Crippen LogP contribution in [-0.2, 0) is 9.59 Å². The Labute approximate surface area is 148 Å². The molecule has 0 radical (unpaired) electrons. The minimum absolute atomic E-state index is 0.408. The van der Waals surface area contributed by atoms with Gasteiger partial charge in [0.25, 0.3) is 0 Å². The number of benzene rings is 2. The number of nitrogens with one attached hydrogen (secondary N) is 2. The van der Waals surface area contributed by atoms with Crippen LogP contribution in [0.5, 0.6) is 0 Å². The van der Waals surface area contributed by atoms with Crippen LogP contribution >= 0.6 is 27.5 Å². The summed E-state index contributed by atoms with van der Waals surface area (Å²) in [5.41, 5.74) is -0.189. The normalized spacial score (nSPS) is 11.0. The van der Waals surface area contributed by atoms with Gasteiger partial charge in [0.15, 0.2) is 0 Å². The van der Waals surface area contributed by atoms with Gasteiger partial charge in [-0.3, -0.25) is 9.59 Å². The number of carbonyl (C=O) groups excluding carboxylic acids is 2. The summed E-state index contributed by atoms with van der Waals surface area (Å²) in [6.07, 6.45) is 0. The highest BCUT2D eigenvalue weighted by Crippen LogP contribution is 2.27. The molecular formula is C17H16BrClN2O2. The molecule has 0 aliphatic carbocycles. The Morgan fingerprint density at radius 2 is 1.39 bits per heavy atom. The molecule has 2 N–H and O–H groups in total. The Morgan fingerprint density at radius 3 is 1.96 bits per heavy atom. The molecule has 2 aromatic carbocycles. The number of halogens is 2. The van der Waals surface area contributed by atoms with Crippen molar-refractivity contribution in [2.75, 3.05) is 10.6 Å². The van der Waals surface area contributed by atoms with E-state index in [9.17, 15) is 9.59 Å². The molecule has 0 unspecified atom stereocenters. The summed E-state index contributed by atoms with van der Waals surface area (Å²) in [6, 6.07) is 14.1. The fourth-order valence-corrected chi connectivity index (χ4v) is 2.35. The van der Waals surface area contributed by atoms with E-state index in [1.165, 1.54) is 0 Å². The van der Waals surface area contributed by atoms with E-state index in [1.807, 2.05) is 12.1 Å². The summed E-state index contributed by atoms with van der Waals surface area (Å²) >= 11 is 9.39. The zero-order valence-corrected chi connectivity index (χ0v) is 15.0. The maximum absolute atomic E-state index is 12.5. The quantitative estimate of drug-likeness (QED) is 0.737. The van der Waals surface area contributed by atoms with Crippen LogP contribution in [0.3, 0.4) is 0 Å². The Bertz CT molecular complexity index is 685. The van der Waals surface area contributed by atoms with Gasteiger partial charge in [0.05, 0.1) is 16.4 Å². The van der Waals surface area contributed by atoms with Gasteiger partial charge >= 0.3 is 0 Å². The highest BCUT2D eigenvalue weighted by molar-refractivity contribution is 9.10. The molecule has 0 saturated heterocycles. The number of rotatable bonds is 4. The fourth-order valence-electron chi connectivity index (χ4n) is 1.79. The van der Waals surface area contributed by atoms with Gasteiger partial charge in [-0.1, -0.05) is 35.9 Å². The maximum atomic E-state index is 12.5. The Hall–Kier alpha value is -1.85. The van der Waals surface area contributed by atoms with Crippen LogP contribution < -0.4 is 10.6 Å². The topological polar surface area (TPSA) is 58.2 Å². The summed E-state index contributed by atoms with van der Waals surface area (Å²) < 4.78 is 0.746. The van der Waals surface area contributed by atoms with Crippen LogP contribution in [0.1, 0.15) is 13.8 Å². The minimum Gasteiger partial charge on any atom is -0.324 e. The van der Waals surface area contributed by atoms with Crippen LogP contribution in [0.15, 0.2) is 53.0 Å². The van der Waals surface area contributed by atoms with Crippen molar-refractivity contribution in [3.8, 4) is 0 Å². The Kier molecular flexibility index (Phi) is 5.44. The molecule has 23 heavy (non-hydrogen) atoms. The lowest BCUT2D eigenvalue weighted by molar-refractivity contribution is -0.135. The monoisotopic (exact) mass is 394 g/mol. The lowest BCUT2D eigenvalue weighted by atomic mass is 9.90. The zero-order chi connectivity index (χ0) is 17.0. The Morgan fingerprint density at radius 1 is 0.913 bits per heavy atom. The molecule has 120 valence electrons. The number of hydrogen-bond donors (Lipinski definition) is 2. The second kappa shape index (κ2) is 7.15. The molecule has 0 aromatic heterocycles. The third kappa shape index (κ3) is 4.12. The number of carbonyl (C=O) groups is 2. The van der Waals surface area contributed by atoms with Crippen LogP contribution in [0.4, 0.5) is 11.4 Å². The van der Waals surface area contributed by atoms with Gasteiger partial charge in [0.2, 0.25) is 11.8 Å². The van der Waals surface area contributed by atoms with Crippen LogP contribution in [0.2, 0.25) is 5.02 Å². The molecule has 0 atom stereocenters. The highest BCUT2D eigenvalue weighted by Gasteiger charge is 2.36. The van der Waals surface area contributed by atoms with Crippen molar-refractivity contribution in [3.05, 3.63) is 58.0 Å². The number of amides is 2. The summed E-state index contributed by atoms with van der Waals surface area (Å²) in [5, 5.41) is 5.86. The van der Waals surface area contributed by atoms with Crippen molar-refractivity contribution in [2.24, 2.45) is 5.41 Å². The number of anilines is 2. The van der Waals surface area contributed by atoms with Crippen molar-refractivity contribution in [2.45, 2.75) is 13.8 Å². The SMILES string of the molecule is CC(C)(C(=O)Nc1ccccc1Cl)C(=O)Nc1ccccc1Br. The van der Waals surface area contributed by atoms with E-state index >= 15 is 0 Å². The minimum atomic E-state index is -1.27. The van der Waals surface area contributed by atoms with Gasteiger partial charge < -0.3 is 10.6 Å². The van der Waals surface area contributed by atoms with Crippen molar-refractivity contribution in [1.82, 2.24) is 0 Å². The van der Waals surface area contributed by atoms with Gasteiger partial charge in [-0.05, 0) is 54.0 Å². The summed E-state index contributed by atoms with van der Waals surface area (Å²) in [5.74, 6) is -0.843. The van der Waals surface area contributed by atoms with E-state index in [0.717, 1.165) is 4.47 Å². The van der Waals surface area contributed by atoms with E-state index < -0.39 is 17.2 Å². The smallest absolute Gasteiger partial charge is 0.239 e. The van der Waals surface area contributed by atoms with Gasteiger partial charge in [-0.25, -0.2) is 0 Å². The third-order valence-corrected chi connectivity index (χ3v) is 4.40. The molecule has 0 fully saturated rings. The van der Waals surface area contributed by atoms with Crippen LogP contribution in [0, 0.1) is 5.41 Å². The predicted octanol–water partition coefficient (Wildman–Crippen LogP) is 4.71. The van der Waals surface area contributed by atoms with Gasteiger partial charge in [-0.15, -0.1) is 0 Å². The van der Waals surface area contributed by atoms with E-state index in [1.54, 1.807) is 50.2 Å². The largest absolute Gasteiger partial charge is 0.324 e. The third-order valence-electron chi connectivity index (χ3n) is 3.38. The Balaban J connectivity index is 2.13. The molecule has 0 bridgehead atoms. The first kappa shape index (κ1) is 17.5.